The molecular weight excluding hydrogens is 314 g/mol. The van der Waals surface area contributed by atoms with Crippen molar-refractivity contribution in [2.45, 2.75) is 11.8 Å². The molecule has 0 amide bonds. The third kappa shape index (κ3) is 2.98. The van der Waals surface area contributed by atoms with E-state index in [1.54, 1.807) is 0 Å². The molecule has 4 aromatic carbocycles. The van der Waals surface area contributed by atoms with Crippen molar-refractivity contribution < 1.29 is 0 Å². The van der Waals surface area contributed by atoms with Crippen LogP contribution in [0.15, 0.2) is 103 Å². The first-order chi connectivity index (χ1) is 12.9. The molecule has 0 heterocycles. The zero-order chi connectivity index (χ0) is 17.8. The summed E-state index contributed by atoms with van der Waals surface area (Å²) in [4.78, 5) is 0. The van der Waals surface area contributed by atoms with Crippen molar-refractivity contribution in [3.8, 4) is 6.07 Å². The average Bonchev–Trinajstić information content (AvgIpc) is 2.73. The molecule has 0 radical (unpaired) electrons. The van der Waals surface area contributed by atoms with Gasteiger partial charge in [-0.2, -0.15) is 5.26 Å². The molecule has 0 aliphatic carbocycles. The Labute approximate surface area is 154 Å². The van der Waals surface area contributed by atoms with Gasteiger partial charge in [-0.3, -0.25) is 0 Å². The second kappa shape index (κ2) is 7.25. The first-order valence-electron chi connectivity index (χ1n) is 8.85. The van der Waals surface area contributed by atoms with Crippen molar-refractivity contribution >= 4 is 10.8 Å². The van der Waals surface area contributed by atoms with Gasteiger partial charge in [0.1, 0.15) is 0 Å². The van der Waals surface area contributed by atoms with Gasteiger partial charge in [0.05, 0.1) is 12.0 Å². The number of fused-ring (bicyclic) bond motifs is 1. The number of nitriles is 1. The lowest BCUT2D eigenvalue weighted by molar-refractivity contribution is 0.731. The molecule has 0 fully saturated rings. The molecule has 4 aromatic rings. The van der Waals surface area contributed by atoms with Crippen LogP contribution in [0.3, 0.4) is 0 Å². The minimum absolute atomic E-state index is 0.0188. The summed E-state index contributed by atoms with van der Waals surface area (Å²) in [6.45, 7) is 0. The highest BCUT2D eigenvalue weighted by atomic mass is 14.3. The van der Waals surface area contributed by atoms with Crippen LogP contribution in [0.2, 0.25) is 0 Å². The van der Waals surface area contributed by atoms with E-state index >= 15 is 0 Å². The van der Waals surface area contributed by atoms with Crippen LogP contribution in [0, 0.1) is 11.3 Å². The lowest BCUT2D eigenvalue weighted by atomic mass is 9.76. The molecule has 0 bridgehead atoms. The summed E-state index contributed by atoms with van der Waals surface area (Å²) >= 11 is 0. The molecule has 0 aliphatic heterocycles. The van der Waals surface area contributed by atoms with Gasteiger partial charge in [-0.1, -0.05) is 103 Å². The van der Waals surface area contributed by atoms with E-state index in [-0.39, 0.29) is 11.8 Å². The molecule has 1 nitrogen and oxygen atoms in total. The Balaban J connectivity index is 1.96. The molecule has 0 aromatic heterocycles. The molecule has 0 aliphatic rings. The second-order valence-corrected chi connectivity index (χ2v) is 6.47. The largest absolute Gasteiger partial charge is 0.198 e. The first kappa shape index (κ1) is 16.1. The molecule has 0 N–H and O–H groups in total. The van der Waals surface area contributed by atoms with Crippen LogP contribution in [-0.2, 0) is 0 Å². The predicted octanol–water partition coefficient (Wildman–Crippen LogP) is 6.28. The molecule has 26 heavy (non-hydrogen) atoms. The molecule has 0 saturated heterocycles. The van der Waals surface area contributed by atoms with Crippen molar-refractivity contribution in [3.63, 3.8) is 0 Å². The first-order valence-corrected chi connectivity index (χ1v) is 8.85. The van der Waals surface area contributed by atoms with Crippen LogP contribution in [0.5, 0.6) is 0 Å². The number of rotatable bonds is 4. The van der Waals surface area contributed by atoms with Gasteiger partial charge in [0.15, 0.2) is 0 Å². The Morgan fingerprint density at radius 2 is 1.15 bits per heavy atom. The van der Waals surface area contributed by atoms with Gasteiger partial charge in [0, 0.05) is 5.92 Å². The van der Waals surface area contributed by atoms with Crippen molar-refractivity contribution in [1.82, 2.24) is 0 Å². The normalized spacial score (nSPS) is 13.0. The van der Waals surface area contributed by atoms with E-state index in [9.17, 15) is 5.26 Å². The number of nitrogens with zero attached hydrogens (tertiary/aromatic N) is 1. The summed E-state index contributed by atoms with van der Waals surface area (Å²) < 4.78 is 0. The molecule has 0 saturated carbocycles. The molecule has 2 atom stereocenters. The van der Waals surface area contributed by atoms with Crippen molar-refractivity contribution in [2.24, 2.45) is 0 Å². The van der Waals surface area contributed by atoms with E-state index in [0.29, 0.717) is 0 Å². The summed E-state index contributed by atoms with van der Waals surface area (Å²) in [5, 5.41) is 12.5. The molecule has 0 spiro atoms. The van der Waals surface area contributed by atoms with E-state index < -0.39 is 0 Å². The summed E-state index contributed by atoms with van der Waals surface area (Å²) in [6.07, 6.45) is 0. The highest BCUT2D eigenvalue weighted by Gasteiger charge is 2.27. The summed E-state index contributed by atoms with van der Waals surface area (Å²) in [5.74, 6) is -0.265. The Morgan fingerprint density at radius 1 is 0.577 bits per heavy atom. The Hall–Kier alpha value is -3.37. The van der Waals surface area contributed by atoms with E-state index in [2.05, 4.69) is 72.8 Å². The van der Waals surface area contributed by atoms with Crippen LogP contribution >= 0.6 is 0 Å². The van der Waals surface area contributed by atoms with Gasteiger partial charge < -0.3 is 0 Å². The smallest absolute Gasteiger partial charge is 0.0822 e. The Bertz CT molecular complexity index is 1040. The van der Waals surface area contributed by atoms with Crippen molar-refractivity contribution in [1.29, 1.82) is 5.26 Å². The second-order valence-electron chi connectivity index (χ2n) is 6.47. The Kier molecular flexibility index (Phi) is 4.50. The number of hydrogen-bond donors (Lipinski definition) is 0. The fourth-order valence-electron chi connectivity index (χ4n) is 3.74. The van der Waals surface area contributed by atoms with Gasteiger partial charge in [0.2, 0.25) is 0 Å². The SMILES string of the molecule is N#C[C@H](c1ccccc1)[C@@H](c1ccccc1)c1cccc2ccccc12. The lowest BCUT2D eigenvalue weighted by Gasteiger charge is -2.25. The van der Waals surface area contributed by atoms with Crippen LogP contribution < -0.4 is 0 Å². The van der Waals surface area contributed by atoms with Gasteiger partial charge in [-0.05, 0) is 27.5 Å². The van der Waals surface area contributed by atoms with Crippen LogP contribution in [-0.4, -0.2) is 0 Å². The molecule has 124 valence electrons. The van der Waals surface area contributed by atoms with Crippen LogP contribution in [0.4, 0.5) is 0 Å². The summed E-state index contributed by atoms with van der Waals surface area (Å²) in [7, 11) is 0. The minimum Gasteiger partial charge on any atom is -0.198 e. The Morgan fingerprint density at radius 3 is 1.85 bits per heavy atom. The maximum Gasteiger partial charge on any atom is 0.0822 e. The van der Waals surface area contributed by atoms with Crippen molar-refractivity contribution in [3.05, 3.63) is 120 Å². The average molecular weight is 333 g/mol. The van der Waals surface area contributed by atoms with Gasteiger partial charge in [0.25, 0.3) is 0 Å². The summed E-state index contributed by atoms with van der Waals surface area (Å²) in [5.41, 5.74) is 3.42. The number of hydrogen-bond acceptors (Lipinski definition) is 1. The fourth-order valence-corrected chi connectivity index (χ4v) is 3.74. The monoisotopic (exact) mass is 333 g/mol. The van der Waals surface area contributed by atoms with Gasteiger partial charge >= 0.3 is 0 Å². The third-order valence-electron chi connectivity index (χ3n) is 4.95. The van der Waals surface area contributed by atoms with E-state index in [1.807, 2.05) is 36.4 Å². The highest BCUT2D eigenvalue weighted by molar-refractivity contribution is 5.86. The highest BCUT2D eigenvalue weighted by Crippen LogP contribution is 2.40. The standard InChI is InChI=1S/C25H19N/c26-18-24(20-10-3-1-4-11-20)25(21-13-5-2-6-14-21)23-17-9-15-19-12-7-8-16-22(19)23/h1-17,24-25H/t24-,25+/m1/s1. The number of benzene rings is 4. The zero-order valence-electron chi connectivity index (χ0n) is 14.4. The molecule has 1 heteroatoms. The van der Waals surface area contributed by atoms with E-state index in [1.165, 1.54) is 21.9 Å². The minimum atomic E-state index is -0.246. The van der Waals surface area contributed by atoms with Crippen molar-refractivity contribution in [2.75, 3.05) is 0 Å². The zero-order valence-corrected chi connectivity index (χ0v) is 14.4. The van der Waals surface area contributed by atoms with Crippen LogP contribution in [0.25, 0.3) is 10.8 Å². The maximum atomic E-state index is 10.1. The molecular formula is C25H19N. The predicted molar refractivity (Wildman–Crippen MR) is 107 cm³/mol. The maximum absolute atomic E-state index is 10.1. The topological polar surface area (TPSA) is 23.8 Å². The lowest BCUT2D eigenvalue weighted by Crippen LogP contribution is -2.12. The van der Waals surface area contributed by atoms with Gasteiger partial charge in [-0.15, -0.1) is 0 Å². The van der Waals surface area contributed by atoms with E-state index in [0.717, 1.165) is 5.56 Å². The molecule has 0 unspecified atom stereocenters. The fraction of sp³-hybridized carbons (Fsp3) is 0.0800. The van der Waals surface area contributed by atoms with Gasteiger partial charge in [-0.25, -0.2) is 0 Å². The third-order valence-corrected chi connectivity index (χ3v) is 4.95. The van der Waals surface area contributed by atoms with E-state index in [4.69, 9.17) is 0 Å². The quantitative estimate of drug-likeness (QED) is 0.431. The summed E-state index contributed by atoms with van der Waals surface area (Å²) in [6, 6.07) is 37.8. The molecule has 4 rings (SSSR count). The van der Waals surface area contributed by atoms with Crippen LogP contribution in [0.1, 0.15) is 28.5 Å².